The molecule has 0 aliphatic carbocycles. The lowest BCUT2D eigenvalue weighted by Crippen LogP contribution is -1.86. The fourth-order valence-electron chi connectivity index (χ4n) is 1.01. The molecule has 0 fully saturated rings. The average molecular weight is 163 g/mol. The van der Waals surface area contributed by atoms with Gasteiger partial charge in [-0.15, -0.1) is 6.58 Å². The van der Waals surface area contributed by atoms with Gasteiger partial charge in [0.15, 0.2) is 5.75 Å². The molecule has 0 aromatic heterocycles. The largest absolute Gasteiger partial charge is 0.493 e. The van der Waals surface area contributed by atoms with Crippen LogP contribution in [-0.4, -0.2) is 7.11 Å². The molecule has 1 rings (SSSR count). The van der Waals surface area contributed by atoms with Gasteiger partial charge in [0.05, 0.1) is 7.11 Å². The molecule has 0 bridgehead atoms. The normalized spacial score (nSPS) is 9.42. The Kier molecular flexibility index (Phi) is 2.75. The molecule has 0 saturated heterocycles. The van der Waals surface area contributed by atoms with Crippen molar-refractivity contribution in [3.63, 3.8) is 0 Å². The van der Waals surface area contributed by atoms with Crippen LogP contribution in [0.4, 0.5) is 0 Å². The Labute approximate surface area is 72.1 Å². The summed E-state index contributed by atoms with van der Waals surface area (Å²) in [5.41, 5.74) is 1.04. The van der Waals surface area contributed by atoms with Gasteiger partial charge in [-0.05, 0) is 24.1 Å². The van der Waals surface area contributed by atoms with Gasteiger partial charge in [-0.2, -0.15) is 0 Å². The molecule has 0 spiro atoms. The monoisotopic (exact) mass is 163 g/mol. The zero-order valence-electron chi connectivity index (χ0n) is 7.04. The van der Waals surface area contributed by atoms with Gasteiger partial charge in [-0.25, -0.2) is 0 Å². The van der Waals surface area contributed by atoms with Gasteiger partial charge < -0.3 is 4.74 Å². The zero-order valence-corrected chi connectivity index (χ0v) is 7.04. The Morgan fingerprint density at radius 2 is 2.33 bits per heavy atom. The summed E-state index contributed by atoms with van der Waals surface area (Å²) in [5, 5.41) is 11.1. The minimum Gasteiger partial charge on any atom is -0.493 e. The summed E-state index contributed by atoms with van der Waals surface area (Å²) in [6.45, 7) is 3.61. The van der Waals surface area contributed by atoms with Crippen molar-refractivity contribution in [1.29, 1.82) is 0 Å². The Morgan fingerprint density at radius 1 is 1.58 bits per heavy atom. The van der Waals surface area contributed by atoms with Gasteiger partial charge in [0.25, 0.3) is 0 Å². The van der Waals surface area contributed by atoms with E-state index in [1.807, 2.05) is 0 Å². The Balaban J connectivity index is 2.96. The molecule has 12 heavy (non-hydrogen) atoms. The minimum atomic E-state index is -0.0784. The quantitative estimate of drug-likeness (QED) is 0.629. The number of hydrogen-bond donors (Lipinski definition) is 0. The van der Waals surface area contributed by atoms with Crippen LogP contribution in [0.3, 0.4) is 0 Å². The van der Waals surface area contributed by atoms with Crippen LogP contribution in [0.15, 0.2) is 30.9 Å². The molecule has 0 unspecified atom stereocenters. The number of rotatable bonds is 3. The highest BCUT2D eigenvalue weighted by atomic mass is 16.5. The summed E-state index contributed by atoms with van der Waals surface area (Å²) in [4.78, 5) is 0. The smallest absolute Gasteiger partial charge is 0.220 e. The molecule has 0 heterocycles. The second-order valence-corrected chi connectivity index (χ2v) is 2.48. The number of methoxy groups -OCH3 is 1. The van der Waals surface area contributed by atoms with E-state index in [9.17, 15) is 5.11 Å². The van der Waals surface area contributed by atoms with Crippen LogP contribution >= 0.6 is 0 Å². The molecule has 0 aliphatic rings. The predicted octanol–water partition coefficient (Wildman–Crippen LogP) is 2.57. The van der Waals surface area contributed by atoms with Gasteiger partial charge >= 0.3 is 0 Å². The number of allylic oxidation sites excluding steroid dienone is 1. The predicted molar refractivity (Wildman–Crippen MR) is 47.0 cm³/mol. The van der Waals surface area contributed by atoms with Crippen LogP contribution < -0.4 is 4.74 Å². The lowest BCUT2D eigenvalue weighted by Gasteiger charge is -2.02. The third-order valence-corrected chi connectivity index (χ3v) is 1.61. The van der Waals surface area contributed by atoms with Crippen molar-refractivity contribution in [2.24, 2.45) is 0 Å². The molecule has 2 nitrogen and oxygen atoms in total. The molecule has 1 aromatic carbocycles. The first-order valence-electron chi connectivity index (χ1n) is 3.72. The van der Waals surface area contributed by atoms with Gasteiger partial charge in [0.1, 0.15) is 0 Å². The fourth-order valence-corrected chi connectivity index (χ4v) is 1.01. The van der Waals surface area contributed by atoms with Crippen molar-refractivity contribution in [2.75, 3.05) is 7.11 Å². The summed E-state index contributed by atoms with van der Waals surface area (Å²) >= 11 is 0. The summed E-state index contributed by atoms with van der Waals surface area (Å²) in [6.07, 6.45) is 2.55. The van der Waals surface area contributed by atoms with E-state index in [4.69, 9.17) is 4.74 Å². The van der Waals surface area contributed by atoms with Crippen molar-refractivity contribution in [1.82, 2.24) is 0 Å². The summed E-state index contributed by atoms with van der Waals surface area (Å²) < 4.78 is 4.89. The van der Waals surface area contributed by atoms with Gasteiger partial charge in [0.2, 0.25) is 5.75 Å². The lowest BCUT2D eigenvalue weighted by molar-refractivity contribution is 0.315. The van der Waals surface area contributed by atoms with Crippen LogP contribution in [0.2, 0.25) is 0 Å². The molecule has 63 valence electrons. The van der Waals surface area contributed by atoms with Gasteiger partial charge in [-0.3, -0.25) is 5.11 Å². The maximum Gasteiger partial charge on any atom is 0.220 e. The molecular weight excluding hydrogens is 152 g/mol. The lowest BCUT2D eigenvalue weighted by atomic mass is 10.1. The average Bonchev–Trinajstić information content (AvgIpc) is 2.09. The standard InChI is InChI=1S/C10H11O2/c1-3-4-8-5-6-9(11)10(7-8)12-2/h3,5-7H,1,4H2,2H3. The maximum absolute atomic E-state index is 11.1. The fraction of sp³-hybridized carbons (Fsp3) is 0.200. The van der Waals surface area contributed by atoms with E-state index in [0.29, 0.717) is 5.75 Å². The van der Waals surface area contributed by atoms with E-state index in [1.165, 1.54) is 13.2 Å². The number of ether oxygens (including phenoxy) is 1. The summed E-state index contributed by atoms with van der Waals surface area (Å²) in [6, 6.07) is 5.04. The van der Waals surface area contributed by atoms with Gasteiger partial charge in [-0.1, -0.05) is 12.1 Å². The van der Waals surface area contributed by atoms with Crippen LogP contribution in [0.25, 0.3) is 0 Å². The topological polar surface area (TPSA) is 29.1 Å². The minimum absolute atomic E-state index is 0.0784. The van der Waals surface area contributed by atoms with E-state index in [-0.39, 0.29) is 5.75 Å². The van der Waals surface area contributed by atoms with Crippen molar-refractivity contribution in [3.8, 4) is 11.5 Å². The first kappa shape index (κ1) is 8.65. The molecule has 0 amide bonds. The van der Waals surface area contributed by atoms with E-state index >= 15 is 0 Å². The Morgan fingerprint density at radius 3 is 2.92 bits per heavy atom. The van der Waals surface area contributed by atoms with Crippen LogP contribution in [0.5, 0.6) is 11.5 Å². The van der Waals surface area contributed by atoms with E-state index in [2.05, 4.69) is 6.58 Å². The molecule has 1 radical (unpaired) electrons. The third kappa shape index (κ3) is 1.78. The number of benzene rings is 1. The summed E-state index contributed by atoms with van der Waals surface area (Å²) in [5.74, 6) is 0.319. The van der Waals surface area contributed by atoms with Crippen LogP contribution in [0, 0.1) is 0 Å². The van der Waals surface area contributed by atoms with Gasteiger partial charge in [0, 0.05) is 0 Å². The molecule has 0 N–H and O–H groups in total. The van der Waals surface area contributed by atoms with Crippen molar-refractivity contribution in [2.45, 2.75) is 6.42 Å². The number of hydrogen-bond acceptors (Lipinski definition) is 1. The maximum atomic E-state index is 11.1. The zero-order chi connectivity index (χ0) is 8.97. The highest BCUT2D eigenvalue weighted by molar-refractivity contribution is 5.41. The molecule has 0 aliphatic heterocycles. The SMILES string of the molecule is C=CCc1ccc([O])c(OC)c1. The van der Waals surface area contributed by atoms with E-state index in [0.717, 1.165) is 12.0 Å². The first-order chi connectivity index (χ1) is 5.77. The highest BCUT2D eigenvalue weighted by Gasteiger charge is 2.02. The molecular formula is C10H11O2. The Hall–Kier alpha value is -1.44. The third-order valence-electron chi connectivity index (χ3n) is 1.61. The molecule has 2 heteroatoms. The van der Waals surface area contributed by atoms with E-state index < -0.39 is 0 Å². The summed E-state index contributed by atoms with van der Waals surface area (Å²) in [7, 11) is 1.49. The van der Waals surface area contributed by atoms with Crippen molar-refractivity contribution < 1.29 is 9.84 Å². The van der Waals surface area contributed by atoms with Crippen LogP contribution in [-0.2, 0) is 11.5 Å². The Bertz CT molecular complexity index is 279. The van der Waals surface area contributed by atoms with E-state index in [1.54, 1.807) is 18.2 Å². The highest BCUT2D eigenvalue weighted by Crippen LogP contribution is 2.26. The molecule has 0 saturated carbocycles. The first-order valence-corrected chi connectivity index (χ1v) is 3.72. The molecule has 0 atom stereocenters. The second kappa shape index (κ2) is 3.81. The van der Waals surface area contributed by atoms with Crippen molar-refractivity contribution in [3.05, 3.63) is 36.4 Å². The molecule has 1 aromatic rings. The van der Waals surface area contributed by atoms with Crippen LogP contribution in [0.1, 0.15) is 5.56 Å². The second-order valence-electron chi connectivity index (χ2n) is 2.48. The van der Waals surface area contributed by atoms with Crippen molar-refractivity contribution >= 4 is 0 Å².